The number of hydrogen-bond donors (Lipinski definition) is 2. The number of amides is 1. The van der Waals surface area contributed by atoms with Gasteiger partial charge in [-0.2, -0.15) is 10.2 Å². The molecule has 10 nitrogen and oxygen atoms in total. The molecule has 11 heteroatoms. The number of nitriles is 1. The van der Waals surface area contributed by atoms with Gasteiger partial charge in [0.2, 0.25) is 5.82 Å². The van der Waals surface area contributed by atoms with E-state index in [4.69, 9.17) is 26.7 Å². The van der Waals surface area contributed by atoms with Crippen LogP contribution in [-0.2, 0) is 11.3 Å². The number of anilines is 1. The fourth-order valence-corrected chi connectivity index (χ4v) is 4.08. The summed E-state index contributed by atoms with van der Waals surface area (Å²) in [7, 11) is 0. The van der Waals surface area contributed by atoms with E-state index in [2.05, 4.69) is 25.2 Å². The molecule has 3 rings (SSSR count). The van der Waals surface area contributed by atoms with Crippen molar-refractivity contribution >= 4 is 23.3 Å². The molecule has 0 spiro atoms. The number of aliphatic hydroxyl groups excluding tert-OH is 1. The van der Waals surface area contributed by atoms with Crippen molar-refractivity contribution in [3.8, 4) is 6.07 Å². The number of nitrogens with one attached hydrogen (secondary N) is 1. The lowest BCUT2D eigenvalue weighted by molar-refractivity contribution is 0.0564. The lowest BCUT2D eigenvalue weighted by atomic mass is 10.1. The van der Waals surface area contributed by atoms with E-state index in [1.54, 1.807) is 5.01 Å². The summed E-state index contributed by atoms with van der Waals surface area (Å²) in [5.41, 5.74) is 4.53. The molecule has 2 N–H and O–H groups in total. The Morgan fingerprint density at radius 1 is 1.22 bits per heavy atom. The summed E-state index contributed by atoms with van der Waals surface area (Å²) in [4.78, 5) is 25.8. The number of hydrazine groups is 1. The number of rotatable bonds is 12. The molecule has 1 fully saturated rings. The zero-order valence-electron chi connectivity index (χ0n) is 20.9. The van der Waals surface area contributed by atoms with E-state index >= 15 is 0 Å². The molecule has 194 valence electrons. The predicted octanol–water partition coefficient (Wildman–Crippen LogP) is 1.94. The Bertz CT molecular complexity index is 1020. The first kappa shape index (κ1) is 27.8. The smallest absolute Gasteiger partial charge is 0.269 e. The average Bonchev–Trinajstić information content (AvgIpc) is 2.87. The molecule has 1 aliphatic heterocycles. The van der Waals surface area contributed by atoms with Gasteiger partial charge in [-0.05, 0) is 23.6 Å². The number of carbonyl (C=O) groups excluding carboxylic acids is 1. The minimum absolute atomic E-state index is 0.0161. The number of hydrogen-bond acceptors (Lipinski definition) is 9. The van der Waals surface area contributed by atoms with Gasteiger partial charge in [0, 0.05) is 51.4 Å². The van der Waals surface area contributed by atoms with E-state index in [1.165, 1.54) is 6.20 Å². The van der Waals surface area contributed by atoms with E-state index < -0.39 is 0 Å². The van der Waals surface area contributed by atoms with Crippen molar-refractivity contribution in [2.45, 2.75) is 20.4 Å². The highest BCUT2D eigenvalue weighted by Crippen LogP contribution is 2.22. The molecule has 2 aromatic rings. The van der Waals surface area contributed by atoms with Crippen LogP contribution in [0.4, 0.5) is 5.82 Å². The molecule has 1 aromatic heterocycles. The molecule has 1 saturated heterocycles. The van der Waals surface area contributed by atoms with Gasteiger partial charge in [0.05, 0.1) is 26.0 Å². The highest BCUT2D eigenvalue weighted by Gasteiger charge is 2.20. The summed E-state index contributed by atoms with van der Waals surface area (Å²) in [5, 5.41) is 19.7. The van der Waals surface area contributed by atoms with Crippen molar-refractivity contribution < 1.29 is 14.6 Å². The van der Waals surface area contributed by atoms with Crippen molar-refractivity contribution in [3.05, 3.63) is 52.4 Å². The summed E-state index contributed by atoms with van der Waals surface area (Å²) < 4.78 is 5.36. The number of piperazine rings is 1. The summed E-state index contributed by atoms with van der Waals surface area (Å²) in [5.74, 6) is 0.198. The topological polar surface area (TPSA) is 118 Å². The molecular formula is C25H34ClN7O3. The first-order chi connectivity index (χ1) is 17.4. The minimum Gasteiger partial charge on any atom is -0.394 e. The molecule has 0 aliphatic carbocycles. The molecule has 0 unspecified atom stereocenters. The van der Waals surface area contributed by atoms with E-state index in [0.717, 1.165) is 44.8 Å². The van der Waals surface area contributed by atoms with Crippen LogP contribution >= 0.6 is 11.6 Å². The van der Waals surface area contributed by atoms with Crippen LogP contribution in [0, 0.1) is 17.2 Å². The number of benzene rings is 1. The highest BCUT2D eigenvalue weighted by molar-refractivity contribution is 6.32. The normalized spacial score (nSPS) is 14.6. The summed E-state index contributed by atoms with van der Waals surface area (Å²) in [6, 6.07) is 9.48. The zero-order chi connectivity index (χ0) is 25.9. The number of aromatic nitrogens is 2. The second kappa shape index (κ2) is 14.1. The first-order valence-corrected chi connectivity index (χ1v) is 12.5. The molecule has 1 aromatic carbocycles. The average molecular weight is 516 g/mol. The predicted molar refractivity (Wildman–Crippen MR) is 137 cm³/mol. The van der Waals surface area contributed by atoms with E-state index in [1.807, 2.05) is 44.2 Å². The Balaban J connectivity index is 1.55. The summed E-state index contributed by atoms with van der Waals surface area (Å²) >= 11 is 6.27. The monoisotopic (exact) mass is 515 g/mol. The van der Waals surface area contributed by atoms with Gasteiger partial charge in [0.25, 0.3) is 5.91 Å². The van der Waals surface area contributed by atoms with Crippen molar-refractivity contribution in [1.82, 2.24) is 25.2 Å². The van der Waals surface area contributed by atoms with Gasteiger partial charge in [-0.1, -0.05) is 37.6 Å². The molecular weight excluding hydrogens is 482 g/mol. The third-order valence-corrected chi connectivity index (χ3v) is 6.01. The van der Waals surface area contributed by atoms with E-state index in [9.17, 15) is 4.79 Å². The van der Waals surface area contributed by atoms with Crippen LogP contribution in [0.1, 0.15) is 35.6 Å². The molecule has 0 saturated carbocycles. The molecule has 2 heterocycles. The molecule has 0 atom stereocenters. The number of ether oxygens (including phenoxy) is 1. The second-order valence-electron chi connectivity index (χ2n) is 9.07. The van der Waals surface area contributed by atoms with Gasteiger partial charge < -0.3 is 9.84 Å². The quantitative estimate of drug-likeness (QED) is 0.323. The first-order valence-electron chi connectivity index (χ1n) is 12.1. The lowest BCUT2D eigenvalue weighted by Crippen LogP contribution is -2.46. The van der Waals surface area contributed by atoms with Crippen LogP contribution in [0.2, 0.25) is 5.02 Å². The van der Waals surface area contributed by atoms with Crippen LogP contribution in [0.25, 0.3) is 0 Å². The van der Waals surface area contributed by atoms with Crippen LogP contribution in [0.3, 0.4) is 0 Å². The number of carbonyl (C=O) groups is 1. The van der Waals surface area contributed by atoms with Gasteiger partial charge in [-0.15, -0.1) is 0 Å². The maximum atomic E-state index is 13.0. The number of aliphatic hydroxyl groups is 1. The van der Waals surface area contributed by atoms with Crippen LogP contribution in [-0.4, -0.2) is 89.9 Å². The fourth-order valence-electron chi connectivity index (χ4n) is 3.89. The summed E-state index contributed by atoms with van der Waals surface area (Å²) in [6.07, 6.45) is 1.36. The van der Waals surface area contributed by atoms with Gasteiger partial charge in [-0.25, -0.2) is 4.98 Å². The Morgan fingerprint density at radius 2 is 1.92 bits per heavy atom. The van der Waals surface area contributed by atoms with Gasteiger partial charge in [0.1, 0.15) is 11.1 Å². The zero-order valence-corrected chi connectivity index (χ0v) is 21.6. The molecule has 1 aliphatic rings. The SMILES string of the molecule is CC(C)CN(NC(=O)c1ccc(CN2CCN(CCOCCO)CC2)cc1)c1nc(C#N)ncc1Cl. The minimum atomic E-state index is -0.285. The van der Waals surface area contributed by atoms with Crippen molar-refractivity contribution in [1.29, 1.82) is 5.26 Å². The van der Waals surface area contributed by atoms with Gasteiger partial charge >= 0.3 is 0 Å². The molecule has 36 heavy (non-hydrogen) atoms. The maximum absolute atomic E-state index is 13.0. The highest BCUT2D eigenvalue weighted by atomic mass is 35.5. The Kier molecular flexibility index (Phi) is 10.8. The fraction of sp³-hybridized carbons (Fsp3) is 0.520. The molecule has 1 amide bonds. The standard InChI is InChI=1S/C25H34ClN7O3/c1-19(2)17-33(24-22(26)16-28-23(15-27)29-24)30-25(35)21-5-3-20(4-6-21)18-32-9-7-31(8-10-32)11-13-36-14-12-34/h3-6,16,19,34H,7-14,17-18H2,1-2H3,(H,30,35). The largest absolute Gasteiger partial charge is 0.394 e. The van der Waals surface area contributed by atoms with E-state index in [0.29, 0.717) is 31.1 Å². The van der Waals surface area contributed by atoms with Crippen molar-refractivity contribution in [2.24, 2.45) is 5.92 Å². The third-order valence-electron chi connectivity index (χ3n) is 5.74. The van der Waals surface area contributed by atoms with Crippen molar-refractivity contribution in [3.63, 3.8) is 0 Å². The number of halogens is 1. The maximum Gasteiger partial charge on any atom is 0.269 e. The van der Waals surface area contributed by atoms with Crippen molar-refractivity contribution in [2.75, 3.05) is 64.1 Å². The second-order valence-corrected chi connectivity index (χ2v) is 9.48. The van der Waals surface area contributed by atoms with E-state index in [-0.39, 0.29) is 29.3 Å². The summed E-state index contributed by atoms with van der Waals surface area (Å²) in [6.45, 7) is 11.2. The Hall–Kier alpha value is -2.81. The van der Waals surface area contributed by atoms with Crippen LogP contribution in [0.5, 0.6) is 0 Å². The number of nitrogens with zero attached hydrogens (tertiary/aromatic N) is 6. The lowest BCUT2D eigenvalue weighted by Gasteiger charge is -2.34. The molecule has 0 bridgehead atoms. The third kappa shape index (κ3) is 8.40. The molecule has 0 radical (unpaired) electrons. The Labute approximate surface area is 217 Å². The van der Waals surface area contributed by atoms with Crippen LogP contribution in [0.15, 0.2) is 30.5 Å². The van der Waals surface area contributed by atoms with Gasteiger partial charge in [0.15, 0.2) is 5.82 Å². The Morgan fingerprint density at radius 3 is 2.56 bits per heavy atom. The van der Waals surface area contributed by atoms with Crippen LogP contribution < -0.4 is 10.4 Å². The van der Waals surface area contributed by atoms with Gasteiger partial charge in [-0.3, -0.25) is 25.0 Å².